The predicted molar refractivity (Wildman–Crippen MR) is 92.7 cm³/mol. The number of benzene rings is 1. The van der Waals surface area contributed by atoms with Gasteiger partial charge in [0.1, 0.15) is 0 Å². The van der Waals surface area contributed by atoms with Crippen molar-refractivity contribution in [3.05, 3.63) is 29.8 Å². The lowest BCUT2D eigenvalue weighted by Crippen LogP contribution is -2.40. The largest absolute Gasteiger partial charge is 0.481 e. The van der Waals surface area contributed by atoms with Crippen LogP contribution < -0.4 is 10.0 Å². The van der Waals surface area contributed by atoms with Gasteiger partial charge < -0.3 is 10.4 Å². The lowest BCUT2D eigenvalue weighted by Gasteiger charge is -2.18. The van der Waals surface area contributed by atoms with Gasteiger partial charge in [0.15, 0.2) is 0 Å². The molecule has 2 rings (SSSR count). The summed E-state index contributed by atoms with van der Waals surface area (Å²) >= 11 is 0. The molecule has 0 spiro atoms. The average molecular weight is 368 g/mol. The summed E-state index contributed by atoms with van der Waals surface area (Å²) in [4.78, 5) is 23.3. The monoisotopic (exact) mass is 368 g/mol. The van der Waals surface area contributed by atoms with Crippen LogP contribution in [0.5, 0.6) is 0 Å². The molecule has 1 fully saturated rings. The minimum Gasteiger partial charge on any atom is -0.481 e. The molecular weight excluding hydrogens is 344 g/mol. The van der Waals surface area contributed by atoms with E-state index in [2.05, 4.69) is 10.0 Å². The molecule has 8 heteroatoms. The van der Waals surface area contributed by atoms with Crippen LogP contribution >= 0.6 is 0 Å². The van der Waals surface area contributed by atoms with Crippen molar-refractivity contribution in [2.75, 3.05) is 0 Å². The van der Waals surface area contributed by atoms with Gasteiger partial charge in [-0.25, -0.2) is 13.1 Å². The van der Waals surface area contributed by atoms with Crippen LogP contribution in [0.15, 0.2) is 29.2 Å². The number of nitrogens with one attached hydrogen (secondary N) is 2. The Morgan fingerprint density at radius 1 is 1.20 bits per heavy atom. The second kappa shape index (κ2) is 7.97. The minimum atomic E-state index is -3.68. The maximum atomic E-state index is 12.5. The molecule has 1 aliphatic carbocycles. The van der Waals surface area contributed by atoms with E-state index < -0.39 is 33.9 Å². The van der Waals surface area contributed by atoms with Crippen LogP contribution in [-0.2, 0) is 14.8 Å². The Kier molecular flexibility index (Phi) is 6.18. The summed E-state index contributed by atoms with van der Waals surface area (Å²) in [5.74, 6) is -2.26. The van der Waals surface area contributed by atoms with E-state index in [1.807, 2.05) is 0 Å². The molecule has 1 aliphatic rings. The van der Waals surface area contributed by atoms with Gasteiger partial charge >= 0.3 is 5.97 Å². The van der Waals surface area contributed by atoms with Gasteiger partial charge in [-0.2, -0.15) is 0 Å². The van der Waals surface area contributed by atoms with E-state index in [9.17, 15) is 18.0 Å². The van der Waals surface area contributed by atoms with Crippen LogP contribution in [0.2, 0.25) is 0 Å². The zero-order chi connectivity index (χ0) is 18.6. The van der Waals surface area contributed by atoms with Crippen molar-refractivity contribution in [1.82, 2.24) is 10.0 Å². The summed E-state index contributed by atoms with van der Waals surface area (Å²) in [5, 5.41) is 11.6. The van der Waals surface area contributed by atoms with E-state index in [0.29, 0.717) is 0 Å². The molecule has 0 heterocycles. The molecule has 25 heavy (non-hydrogen) atoms. The molecule has 0 aliphatic heterocycles. The molecule has 138 valence electrons. The van der Waals surface area contributed by atoms with Crippen molar-refractivity contribution in [2.45, 2.75) is 56.5 Å². The van der Waals surface area contributed by atoms with Crippen molar-refractivity contribution in [2.24, 2.45) is 5.92 Å². The number of carboxylic acid groups (broad SMARTS) is 1. The molecule has 0 radical (unpaired) electrons. The molecule has 2 unspecified atom stereocenters. The molecule has 2 atom stereocenters. The molecule has 1 amide bonds. The topological polar surface area (TPSA) is 113 Å². The summed E-state index contributed by atoms with van der Waals surface area (Å²) in [6.45, 7) is 3.10. The van der Waals surface area contributed by atoms with E-state index in [-0.39, 0.29) is 16.5 Å². The fraction of sp³-hybridized carbons (Fsp3) is 0.529. The fourth-order valence-corrected chi connectivity index (χ4v) is 4.12. The van der Waals surface area contributed by atoms with Gasteiger partial charge in [0.25, 0.3) is 5.91 Å². The molecule has 1 saturated carbocycles. The second-order valence-corrected chi connectivity index (χ2v) is 8.23. The molecule has 3 N–H and O–H groups in total. The first-order valence-corrected chi connectivity index (χ1v) is 9.85. The smallest absolute Gasteiger partial charge is 0.308 e. The summed E-state index contributed by atoms with van der Waals surface area (Å²) in [7, 11) is -3.68. The summed E-state index contributed by atoms with van der Waals surface area (Å²) < 4.78 is 27.6. The highest BCUT2D eigenvalue weighted by Gasteiger charge is 2.25. The highest BCUT2D eigenvalue weighted by molar-refractivity contribution is 7.89. The SMILES string of the molecule is CC(NC(=O)c1cccc(S(=O)(=O)NC2CCCC2)c1)C(C)C(=O)O. The number of carbonyl (C=O) groups excluding carboxylic acids is 1. The molecule has 7 nitrogen and oxygen atoms in total. The van der Waals surface area contributed by atoms with Crippen molar-refractivity contribution in [3.63, 3.8) is 0 Å². The number of carboxylic acids is 1. The van der Waals surface area contributed by atoms with E-state index in [0.717, 1.165) is 25.7 Å². The van der Waals surface area contributed by atoms with Crippen molar-refractivity contribution in [1.29, 1.82) is 0 Å². The van der Waals surface area contributed by atoms with E-state index in [4.69, 9.17) is 5.11 Å². The number of sulfonamides is 1. The first-order chi connectivity index (χ1) is 11.7. The van der Waals surface area contributed by atoms with Gasteiger partial charge in [0.2, 0.25) is 10.0 Å². The third kappa shape index (κ3) is 5.02. The van der Waals surface area contributed by atoms with Gasteiger partial charge in [0, 0.05) is 17.6 Å². The Morgan fingerprint density at radius 3 is 2.44 bits per heavy atom. The third-order valence-electron chi connectivity index (χ3n) is 4.58. The van der Waals surface area contributed by atoms with E-state index >= 15 is 0 Å². The van der Waals surface area contributed by atoms with Crippen molar-refractivity contribution < 1.29 is 23.1 Å². The lowest BCUT2D eigenvalue weighted by atomic mass is 10.0. The van der Waals surface area contributed by atoms with Gasteiger partial charge in [-0.3, -0.25) is 9.59 Å². The molecule has 0 aromatic heterocycles. The average Bonchev–Trinajstić information content (AvgIpc) is 3.06. The number of amides is 1. The fourth-order valence-electron chi connectivity index (χ4n) is 2.76. The normalized spacial score (nSPS) is 17.8. The van der Waals surface area contributed by atoms with Crippen LogP contribution in [0.1, 0.15) is 49.9 Å². The van der Waals surface area contributed by atoms with Crippen molar-refractivity contribution in [3.8, 4) is 0 Å². The van der Waals surface area contributed by atoms with Crippen LogP contribution in [-0.4, -0.2) is 37.5 Å². The maximum absolute atomic E-state index is 12.5. The lowest BCUT2D eigenvalue weighted by molar-refractivity contribution is -0.141. The van der Waals surface area contributed by atoms with Crippen LogP contribution in [0, 0.1) is 5.92 Å². The second-order valence-electron chi connectivity index (χ2n) is 6.52. The first kappa shape index (κ1) is 19.4. The Balaban J connectivity index is 2.12. The van der Waals surface area contributed by atoms with Crippen LogP contribution in [0.3, 0.4) is 0 Å². The quantitative estimate of drug-likeness (QED) is 0.679. The highest BCUT2D eigenvalue weighted by atomic mass is 32.2. The van der Waals surface area contributed by atoms with E-state index in [1.54, 1.807) is 6.92 Å². The molecular formula is C17H24N2O5S. The molecule has 1 aromatic carbocycles. The van der Waals surface area contributed by atoms with Gasteiger partial charge in [0.05, 0.1) is 10.8 Å². The number of hydrogen-bond acceptors (Lipinski definition) is 4. The molecule has 1 aromatic rings. The molecule has 0 saturated heterocycles. The minimum absolute atomic E-state index is 0.0333. The van der Waals surface area contributed by atoms with Crippen molar-refractivity contribution >= 4 is 21.9 Å². The Morgan fingerprint density at radius 2 is 1.84 bits per heavy atom. The summed E-state index contributed by atoms with van der Waals surface area (Å²) in [6.07, 6.45) is 3.67. The van der Waals surface area contributed by atoms with Crippen LogP contribution in [0.4, 0.5) is 0 Å². The highest BCUT2D eigenvalue weighted by Crippen LogP contribution is 2.21. The van der Waals surface area contributed by atoms with Gasteiger partial charge in [-0.05, 0) is 44.9 Å². The Bertz CT molecular complexity index is 741. The zero-order valence-corrected chi connectivity index (χ0v) is 15.2. The Labute approximate surface area is 147 Å². The summed E-state index contributed by atoms with van der Waals surface area (Å²) in [5.41, 5.74) is 0.179. The Hall–Kier alpha value is -1.93. The van der Waals surface area contributed by atoms with Gasteiger partial charge in [-0.15, -0.1) is 0 Å². The number of rotatable bonds is 7. The van der Waals surface area contributed by atoms with E-state index in [1.165, 1.54) is 31.2 Å². The summed E-state index contributed by atoms with van der Waals surface area (Å²) in [6, 6.07) is 5.12. The van der Waals surface area contributed by atoms with Crippen LogP contribution in [0.25, 0.3) is 0 Å². The molecule has 0 bridgehead atoms. The zero-order valence-electron chi connectivity index (χ0n) is 14.4. The van der Waals surface area contributed by atoms with Gasteiger partial charge in [-0.1, -0.05) is 18.9 Å². The first-order valence-electron chi connectivity index (χ1n) is 8.37. The number of hydrogen-bond donors (Lipinski definition) is 3. The predicted octanol–water partition coefficient (Wildman–Crippen LogP) is 1.75. The maximum Gasteiger partial charge on any atom is 0.308 e. The number of aliphatic carboxylic acids is 1. The number of carbonyl (C=O) groups is 2. The third-order valence-corrected chi connectivity index (χ3v) is 6.10. The standard InChI is InChI=1S/C17H24N2O5S/c1-11(17(21)22)12(2)18-16(20)13-6-5-9-15(10-13)25(23,24)19-14-7-3-4-8-14/h5-6,9-12,14,19H,3-4,7-8H2,1-2H3,(H,18,20)(H,21,22).